The fourth-order valence-corrected chi connectivity index (χ4v) is 4.71. The van der Waals surface area contributed by atoms with Crippen LogP contribution in [-0.4, -0.2) is 18.9 Å². The molecule has 5 nitrogen and oxygen atoms in total. The molecule has 0 amide bonds. The molecule has 2 unspecified atom stereocenters. The van der Waals surface area contributed by atoms with E-state index in [-0.39, 0.29) is 17.8 Å². The van der Waals surface area contributed by atoms with Crippen LogP contribution >= 0.6 is 0 Å². The summed E-state index contributed by atoms with van der Waals surface area (Å²) in [4.78, 5) is 26.6. The molecule has 1 heterocycles. The second-order valence-electron chi connectivity index (χ2n) is 9.31. The van der Waals surface area contributed by atoms with Crippen molar-refractivity contribution in [2.75, 3.05) is 7.11 Å². The van der Waals surface area contributed by atoms with Gasteiger partial charge in [-0.1, -0.05) is 62.9 Å². The average molecular weight is 432 g/mol. The van der Waals surface area contributed by atoms with Gasteiger partial charge in [0.25, 0.3) is 0 Å². The van der Waals surface area contributed by atoms with Gasteiger partial charge < -0.3 is 14.8 Å². The van der Waals surface area contributed by atoms with E-state index in [4.69, 9.17) is 9.47 Å². The summed E-state index contributed by atoms with van der Waals surface area (Å²) in [6, 6.07) is 17.1. The number of methoxy groups -OCH3 is 1. The smallest absolute Gasteiger partial charge is 0.316 e. The highest BCUT2D eigenvalue weighted by molar-refractivity contribution is 6.00. The van der Waals surface area contributed by atoms with Gasteiger partial charge >= 0.3 is 5.97 Å². The lowest BCUT2D eigenvalue weighted by molar-refractivity contribution is -0.149. The van der Waals surface area contributed by atoms with Crippen molar-refractivity contribution in [3.05, 3.63) is 89.3 Å². The third-order valence-corrected chi connectivity index (χ3v) is 6.20. The molecular formula is C27H29NO4. The minimum atomic E-state index is -0.698. The fourth-order valence-electron chi connectivity index (χ4n) is 4.71. The summed E-state index contributed by atoms with van der Waals surface area (Å²) in [7, 11) is 1.61. The van der Waals surface area contributed by atoms with Gasteiger partial charge in [-0.2, -0.15) is 0 Å². The first kappa shape index (κ1) is 21.9. The van der Waals surface area contributed by atoms with Crippen LogP contribution in [0.3, 0.4) is 0 Å². The lowest BCUT2D eigenvalue weighted by Gasteiger charge is -2.42. The molecule has 0 saturated heterocycles. The predicted molar refractivity (Wildman–Crippen MR) is 123 cm³/mol. The fraction of sp³-hybridized carbons (Fsp3) is 0.333. The Kier molecular flexibility index (Phi) is 5.92. The molecule has 0 spiro atoms. The van der Waals surface area contributed by atoms with E-state index in [1.54, 1.807) is 7.11 Å². The van der Waals surface area contributed by atoms with Crippen molar-refractivity contribution in [2.24, 2.45) is 11.3 Å². The van der Waals surface area contributed by atoms with Gasteiger partial charge in [0.1, 0.15) is 18.3 Å². The number of allylic oxidation sites excluding steroid dienone is 2. The first-order valence-corrected chi connectivity index (χ1v) is 10.9. The Morgan fingerprint density at radius 3 is 2.44 bits per heavy atom. The summed E-state index contributed by atoms with van der Waals surface area (Å²) in [5.74, 6) is -0.753. The van der Waals surface area contributed by atoms with Crippen LogP contribution in [0.4, 0.5) is 0 Å². The Bertz CT molecular complexity index is 1070. The van der Waals surface area contributed by atoms with Crippen LogP contribution in [0.2, 0.25) is 0 Å². The molecule has 0 bridgehead atoms. The molecular weight excluding hydrogens is 402 g/mol. The van der Waals surface area contributed by atoms with E-state index in [0.29, 0.717) is 17.7 Å². The van der Waals surface area contributed by atoms with Crippen LogP contribution in [0.15, 0.2) is 78.1 Å². The number of carbonyl (C=O) groups excluding carboxylic acids is 2. The summed E-state index contributed by atoms with van der Waals surface area (Å²) in [5, 5.41) is 3.29. The zero-order valence-electron chi connectivity index (χ0n) is 18.8. The molecule has 5 heteroatoms. The first-order valence-electron chi connectivity index (χ1n) is 10.9. The highest BCUT2D eigenvalue weighted by Gasteiger charge is 2.46. The molecule has 1 aliphatic carbocycles. The summed E-state index contributed by atoms with van der Waals surface area (Å²) in [5.41, 5.74) is 3.73. The molecule has 1 N–H and O–H groups in total. The molecule has 0 radical (unpaired) electrons. The topological polar surface area (TPSA) is 64.6 Å². The monoisotopic (exact) mass is 431 g/mol. The van der Waals surface area contributed by atoms with E-state index < -0.39 is 17.8 Å². The lowest BCUT2D eigenvalue weighted by Crippen LogP contribution is -2.43. The maximum absolute atomic E-state index is 13.3. The molecule has 166 valence electrons. The van der Waals surface area contributed by atoms with Gasteiger partial charge in [0, 0.05) is 29.3 Å². The van der Waals surface area contributed by atoms with E-state index in [2.05, 4.69) is 25.7 Å². The number of ether oxygens (including phenoxy) is 2. The molecule has 2 aliphatic rings. The Morgan fingerprint density at radius 1 is 1.09 bits per heavy atom. The van der Waals surface area contributed by atoms with Gasteiger partial charge in [-0.15, -0.1) is 0 Å². The maximum atomic E-state index is 13.3. The number of hydrogen-bond acceptors (Lipinski definition) is 5. The van der Waals surface area contributed by atoms with Crippen molar-refractivity contribution in [3.63, 3.8) is 0 Å². The number of benzene rings is 2. The van der Waals surface area contributed by atoms with Crippen LogP contribution in [0.1, 0.15) is 43.7 Å². The second kappa shape index (κ2) is 8.65. The minimum Gasteiger partial charge on any atom is -0.497 e. The molecule has 0 fully saturated rings. The molecule has 4 rings (SSSR count). The Morgan fingerprint density at radius 2 is 1.78 bits per heavy atom. The zero-order valence-corrected chi connectivity index (χ0v) is 18.8. The Hall–Kier alpha value is -3.34. The number of hydrogen-bond donors (Lipinski definition) is 1. The van der Waals surface area contributed by atoms with Crippen LogP contribution in [0.5, 0.6) is 5.75 Å². The van der Waals surface area contributed by atoms with E-state index in [1.807, 2.05) is 54.6 Å². The largest absolute Gasteiger partial charge is 0.497 e. The van der Waals surface area contributed by atoms with Crippen molar-refractivity contribution < 1.29 is 19.1 Å². The third-order valence-electron chi connectivity index (χ3n) is 6.20. The van der Waals surface area contributed by atoms with E-state index in [9.17, 15) is 9.59 Å². The zero-order chi connectivity index (χ0) is 22.9. The first-order chi connectivity index (χ1) is 15.3. The SMILES string of the molecule is C=C1NC2=C(C(=O)CC(C)(C)C2)C(c2ccc(OC)cc2)C1C(=O)OCc1ccccc1. The van der Waals surface area contributed by atoms with Crippen LogP contribution in [0, 0.1) is 11.3 Å². The number of esters is 1. The molecule has 2 aromatic carbocycles. The molecule has 32 heavy (non-hydrogen) atoms. The summed E-state index contributed by atoms with van der Waals surface area (Å²) in [6.07, 6.45) is 1.17. The molecule has 0 saturated carbocycles. The van der Waals surface area contributed by atoms with Gasteiger partial charge in [0.05, 0.1) is 7.11 Å². The van der Waals surface area contributed by atoms with Gasteiger partial charge in [-0.3, -0.25) is 9.59 Å². The van der Waals surface area contributed by atoms with Crippen LogP contribution < -0.4 is 10.1 Å². The van der Waals surface area contributed by atoms with E-state index in [0.717, 1.165) is 29.0 Å². The molecule has 2 atom stereocenters. The van der Waals surface area contributed by atoms with E-state index in [1.165, 1.54) is 0 Å². The number of nitrogens with one attached hydrogen (secondary N) is 1. The standard InChI is InChI=1S/C27H29NO4/c1-17-23(26(30)32-16-18-8-6-5-7-9-18)24(19-10-12-20(31-4)13-11-19)25-21(28-17)14-27(2,3)15-22(25)29/h5-13,23-24,28H,1,14-16H2,2-4H3. The second-order valence-corrected chi connectivity index (χ2v) is 9.31. The number of rotatable bonds is 5. The summed E-state index contributed by atoms with van der Waals surface area (Å²) >= 11 is 0. The number of ketones is 1. The molecule has 2 aromatic rings. The van der Waals surface area contributed by atoms with E-state index >= 15 is 0 Å². The van der Waals surface area contributed by atoms with Crippen molar-refractivity contribution >= 4 is 11.8 Å². The van der Waals surface area contributed by atoms with Gasteiger partial charge in [0.2, 0.25) is 0 Å². The van der Waals surface area contributed by atoms with Crippen LogP contribution in [-0.2, 0) is 20.9 Å². The number of Topliss-reactive ketones (excluding diaryl/α,β-unsaturated/α-hetero) is 1. The maximum Gasteiger partial charge on any atom is 0.316 e. The number of carbonyl (C=O) groups is 2. The Labute approximate surface area is 189 Å². The summed E-state index contributed by atoms with van der Waals surface area (Å²) < 4.78 is 11.0. The van der Waals surface area contributed by atoms with Gasteiger partial charge in [-0.25, -0.2) is 0 Å². The van der Waals surface area contributed by atoms with Gasteiger partial charge in [-0.05, 0) is 35.1 Å². The predicted octanol–water partition coefficient (Wildman–Crippen LogP) is 4.90. The highest BCUT2D eigenvalue weighted by Crippen LogP contribution is 2.48. The quantitative estimate of drug-likeness (QED) is 0.683. The third kappa shape index (κ3) is 4.33. The average Bonchev–Trinajstić information content (AvgIpc) is 2.76. The van der Waals surface area contributed by atoms with Crippen molar-refractivity contribution in [3.8, 4) is 5.75 Å². The Balaban J connectivity index is 1.72. The van der Waals surface area contributed by atoms with Crippen molar-refractivity contribution in [1.82, 2.24) is 5.32 Å². The minimum absolute atomic E-state index is 0.0675. The molecule has 1 aliphatic heterocycles. The summed E-state index contributed by atoms with van der Waals surface area (Å²) in [6.45, 7) is 8.51. The van der Waals surface area contributed by atoms with Gasteiger partial charge in [0.15, 0.2) is 5.78 Å². The normalized spacial score (nSPS) is 22.1. The van der Waals surface area contributed by atoms with Crippen LogP contribution in [0.25, 0.3) is 0 Å². The van der Waals surface area contributed by atoms with Crippen molar-refractivity contribution in [2.45, 2.75) is 39.2 Å². The van der Waals surface area contributed by atoms with Crippen molar-refractivity contribution in [1.29, 1.82) is 0 Å². The highest BCUT2D eigenvalue weighted by atomic mass is 16.5. The molecule has 0 aromatic heterocycles. The lowest BCUT2D eigenvalue weighted by atomic mass is 9.66.